The van der Waals surface area contributed by atoms with Crippen LogP contribution in [0.25, 0.3) is 0 Å². The third-order valence-electron chi connectivity index (χ3n) is 5.22. The highest BCUT2D eigenvalue weighted by molar-refractivity contribution is 14.0. The van der Waals surface area contributed by atoms with Crippen molar-refractivity contribution in [2.45, 2.75) is 38.5 Å². The Labute approximate surface area is 209 Å². The van der Waals surface area contributed by atoms with Crippen LogP contribution in [-0.4, -0.2) is 40.3 Å². The van der Waals surface area contributed by atoms with E-state index in [1.807, 2.05) is 30.3 Å². The van der Waals surface area contributed by atoms with Gasteiger partial charge in [0.1, 0.15) is 5.75 Å². The molecule has 0 spiro atoms. The Bertz CT molecular complexity index is 977. The van der Waals surface area contributed by atoms with E-state index >= 15 is 0 Å². The van der Waals surface area contributed by atoms with Crippen molar-refractivity contribution in [2.75, 3.05) is 26.0 Å². The molecule has 32 heavy (non-hydrogen) atoms. The number of sulfone groups is 1. The summed E-state index contributed by atoms with van der Waals surface area (Å²) in [5.41, 5.74) is 3.08. The van der Waals surface area contributed by atoms with Crippen LogP contribution in [0.15, 0.2) is 53.5 Å². The maximum Gasteiger partial charge on any atom is 0.191 e. The van der Waals surface area contributed by atoms with Crippen LogP contribution in [0.5, 0.6) is 5.75 Å². The second-order valence-electron chi connectivity index (χ2n) is 8.15. The predicted octanol–water partition coefficient (Wildman–Crippen LogP) is 4.07. The van der Waals surface area contributed by atoms with Gasteiger partial charge in [-0.05, 0) is 49.3 Å². The van der Waals surface area contributed by atoms with E-state index in [0.717, 1.165) is 23.5 Å². The molecule has 0 heterocycles. The number of aryl methyl sites for hydroxylation is 1. The summed E-state index contributed by atoms with van der Waals surface area (Å²) >= 11 is 0. The number of hydrogen-bond acceptors (Lipinski definition) is 4. The van der Waals surface area contributed by atoms with Crippen molar-refractivity contribution in [3.8, 4) is 5.75 Å². The van der Waals surface area contributed by atoms with E-state index in [4.69, 9.17) is 4.74 Å². The summed E-state index contributed by atoms with van der Waals surface area (Å²) < 4.78 is 30.7. The highest BCUT2D eigenvalue weighted by Crippen LogP contribution is 2.30. The van der Waals surface area contributed by atoms with Gasteiger partial charge < -0.3 is 15.4 Å². The molecular weight excluding hydrogens is 537 g/mol. The number of nitrogens with one attached hydrogen (secondary N) is 2. The van der Waals surface area contributed by atoms with Gasteiger partial charge >= 0.3 is 0 Å². The molecule has 1 saturated carbocycles. The molecule has 0 saturated heterocycles. The van der Waals surface area contributed by atoms with Crippen LogP contribution in [0, 0.1) is 12.8 Å². The second kappa shape index (κ2) is 13.0. The Morgan fingerprint density at radius 1 is 1.12 bits per heavy atom. The molecule has 6 nitrogen and oxygen atoms in total. The molecule has 176 valence electrons. The summed E-state index contributed by atoms with van der Waals surface area (Å²) in [6, 6.07) is 15.5. The SMILES string of the molecule is CN=C(NCCCS(=O)(=O)Cc1ccccc1)NCc1ccc(C)cc1OCC1CC1.I. The highest BCUT2D eigenvalue weighted by atomic mass is 127. The number of aliphatic imine (C=N–C) groups is 1. The van der Waals surface area contributed by atoms with E-state index in [1.165, 1.54) is 18.4 Å². The molecule has 0 atom stereocenters. The van der Waals surface area contributed by atoms with Gasteiger partial charge in [0.15, 0.2) is 15.8 Å². The van der Waals surface area contributed by atoms with Gasteiger partial charge in [-0.15, -0.1) is 24.0 Å². The molecule has 1 fully saturated rings. The molecule has 0 unspecified atom stereocenters. The predicted molar refractivity (Wildman–Crippen MR) is 142 cm³/mol. The Balaban J connectivity index is 0.00000363. The lowest BCUT2D eigenvalue weighted by Crippen LogP contribution is -2.37. The van der Waals surface area contributed by atoms with Gasteiger partial charge in [0, 0.05) is 25.7 Å². The van der Waals surface area contributed by atoms with Gasteiger partial charge in [-0.1, -0.05) is 42.5 Å². The smallest absolute Gasteiger partial charge is 0.191 e. The molecular formula is C24H34IN3O3S. The minimum absolute atomic E-state index is 0. The Morgan fingerprint density at radius 2 is 1.88 bits per heavy atom. The number of hydrogen-bond donors (Lipinski definition) is 2. The molecule has 8 heteroatoms. The molecule has 2 N–H and O–H groups in total. The Hall–Kier alpha value is -1.81. The quantitative estimate of drug-likeness (QED) is 0.184. The van der Waals surface area contributed by atoms with E-state index in [1.54, 1.807) is 7.05 Å². The van der Waals surface area contributed by atoms with E-state index in [0.29, 0.717) is 31.4 Å². The van der Waals surface area contributed by atoms with E-state index in [-0.39, 0.29) is 35.5 Å². The number of rotatable bonds is 11. The first-order chi connectivity index (χ1) is 14.9. The Kier molecular flexibility index (Phi) is 10.8. The summed E-state index contributed by atoms with van der Waals surface area (Å²) in [7, 11) is -1.42. The minimum Gasteiger partial charge on any atom is -0.493 e. The third kappa shape index (κ3) is 9.36. The van der Waals surface area contributed by atoms with Crippen LogP contribution in [0.4, 0.5) is 0 Å². The maximum absolute atomic E-state index is 12.3. The fourth-order valence-electron chi connectivity index (χ4n) is 3.23. The van der Waals surface area contributed by atoms with E-state index in [2.05, 4.69) is 40.7 Å². The van der Waals surface area contributed by atoms with Crippen LogP contribution < -0.4 is 15.4 Å². The molecule has 0 aromatic heterocycles. The minimum atomic E-state index is -3.13. The molecule has 0 bridgehead atoms. The van der Waals surface area contributed by atoms with Gasteiger partial charge in [0.2, 0.25) is 0 Å². The van der Waals surface area contributed by atoms with Crippen LogP contribution in [0.1, 0.15) is 36.0 Å². The molecule has 3 rings (SSSR count). The van der Waals surface area contributed by atoms with Crippen LogP contribution in [-0.2, 0) is 22.1 Å². The van der Waals surface area contributed by atoms with Crippen LogP contribution in [0.2, 0.25) is 0 Å². The number of halogens is 1. The molecule has 0 amide bonds. The zero-order valence-electron chi connectivity index (χ0n) is 18.8. The van der Waals surface area contributed by atoms with Crippen LogP contribution in [0.3, 0.4) is 0 Å². The second-order valence-corrected chi connectivity index (χ2v) is 10.3. The van der Waals surface area contributed by atoms with Crippen molar-refractivity contribution in [1.82, 2.24) is 10.6 Å². The van der Waals surface area contributed by atoms with Crippen molar-refractivity contribution in [3.05, 3.63) is 65.2 Å². The average molecular weight is 572 g/mol. The lowest BCUT2D eigenvalue weighted by molar-refractivity contribution is 0.296. The molecule has 2 aromatic carbocycles. The lowest BCUT2D eigenvalue weighted by atomic mass is 10.1. The number of benzene rings is 2. The molecule has 2 aromatic rings. The van der Waals surface area contributed by atoms with Gasteiger partial charge in [-0.2, -0.15) is 0 Å². The largest absolute Gasteiger partial charge is 0.493 e. The third-order valence-corrected chi connectivity index (χ3v) is 6.90. The van der Waals surface area contributed by atoms with E-state index in [9.17, 15) is 8.42 Å². The van der Waals surface area contributed by atoms with Gasteiger partial charge in [0.05, 0.1) is 18.1 Å². The summed E-state index contributed by atoms with van der Waals surface area (Å²) in [4.78, 5) is 4.24. The molecule has 1 aliphatic rings. The van der Waals surface area contributed by atoms with E-state index < -0.39 is 9.84 Å². The van der Waals surface area contributed by atoms with Gasteiger partial charge in [-0.3, -0.25) is 4.99 Å². The van der Waals surface area contributed by atoms with Gasteiger partial charge in [0.25, 0.3) is 0 Å². The summed E-state index contributed by atoms with van der Waals surface area (Å²) in [6.45, 7) is 3.97. The standard InChI is InChI=1S/C24H33N3O3S.HI/c1-19-9-12-22(23(15-19)30-17-20-10-11-20)16-27-24(25-2)26-13-6-14-31(28,29)18-21-7-4-3-5-8-21;/h3-5,7-9,12,15,20H,6,10-11,13-14,16-18H2,1-2H3,(H2,25,26,27);1H. The lowest BCUT2D eigenvalue weighted by Gasteiger charge is -2.15. The number of ether oxygens (including phenoxy) is 1. The number of guanidine groups is 1. The van der Waals surface area contributed by atoms with Crippen molar-refractivity contribution in [2.24, 2.45) is 10.9 Å². The fourth-order valence-corrected chi connectivity index (χ4v) is 4.66. The molecule has 1 aliphatic carbocycles. The first-order valence-electron chi connectivity index (χ1n) is 10.9. The van der Waals surface area contributed by atoms with Crippen molar-refractivity contribution in [1.29, 1.82) is 0 Å². The monoisotopic (exact) mass is 571 g/mol. The molecule has 0 radical (unpaired) electrons. The van der Waals surface area contributed by atoms with Crippen molar-refractivity contribution in [3.63, 3.8) is 0 Å². The first kappa shape index (κ1) is 26.4. The Morgan fingerprint density at radius 3 is 2.56 bits per heavy atom. The molecule has 0 aliphatic heterocycles. The summed E-state index contributed by atoms with van der Waals surface area (Å²) in [5.74, 6) is 2.49. The number of nitrogens with zero attached hydrogens (tertiary/aromatic N) is 1. The highest BCUT2D eigenvalue weighted by Gasteiger charge is 2.22. The zero-order valence-corrected chi connectivity index (χ0v) is 22.0. The van der Waals surface area contributed by atoms with Gasteiger partial charge in [-0.25, -0.2) is 8.42 Å². The fraction of sp³-hybridized carbons (Fsp3) is 0.458. The average Bonchev–Trinajstić information content (AvgIpc) is 3.57. The summed E-state index contributed by atoms with van der Waals surface area (Å²) in [6.07, 6.45) is 3.05. The summed E-state index contributed by atoms with van der Waals surface area (Å²) in [5, 5.41) is 6.50. The maximum atomic E-state index is 12.3. The van der Waals surface area contributed by atoms with Crippen LogP contribution >= 0.6 is 24.0 Å². The van der Waals surface area contributed by atoms with Crippen molar-refractivity contribution < 1.29 is 13.2 Å². The zero-order chi connectivity index (χ0) is 22.1. The van der Waals surface area contributed by atoms with Crippen molar-refractivity contribution >= 4 is 39.8 Å². The first-order valence-corrected chi connectivity index (χ1v) is 12.7. The normalized spacial score (nSPS) is 13.9. The topological polar surface area (TPSA) is 79.8 Å².